The molecule has 22 heavy (non-hydrogen) atoms. The van der Waals surface area contributed by atoms with Crippen LogP contribution >= 0.6 is 0 Å². The normalized spacial score (nSPS) is 19.0. The molecule has 1 aromatic carbocycles. The minimum Gasteiger partial charge on any atom is -0.368 e. The molecule has 0 spiro atoms. The van der Waals surface area contributed by atoms with Gasteiger partial charge in [-0.05, 0) is 25.0 Å². The van der Waals surface area contributed by atoms with Crippen LogP contribution in [0.1, 0.15) is 12.8 Å². The number of carbonyl (C=O) groups excluding carboxylic acids is 1. The maximum atomic E-state index is 12.6. The molecule has 2 rings (SSSR count). The third-order valence-corrected chi connectivity index (χ3v) is 5.36. The molecular formula is C11H15N5O5S. The maximum absolute atomic E-state index is 12.6. The molecule has 1 amide bonds. The van der Waals surface area contributed by atoms with Gasteiger partial charge in [0.2, 0.25) is 15.9 Å². The number of sulfonamides is 1. The van der Waals surface area contributed by atoms with Crippen LogP contribution in [0.5, 0.6) is 0 Å². The molecule has 1 aliphatic rings. The summed E-state index contributed by atoms with van der Waals surface area (Å²) in [5.41, 5.74) is 6.84. The Labute approximate surface area is 126 Å². The monoisotopic (exact) mass is 329 g/mol. The van der Waals surface area contributed by atoms with Crippen LogP contribution in [0.3, 0.4) is 0 Å². The summed E-state index contributed by atoms with van der Waals surface area (Å²) < 4.78 is 26.1. The van der Waals surface area contributed by atoms with Crippen LogP contribution in [0, 0.1) is 10.1 Å². The summed E-state index contributed by atoms with van der Waals surface area (Å²) in [5, 5.41) is 11.0. The van der Waals surface area contributed by atoms with Crippen molar-refractivity contribution in [1.82, 2.24) is 4.31 Å². The fraction of sp³-hybridized carbons (Fsp3) is 0.364. The molecule has 1 fully saturated rings. The molecular weight excluding hydrogens is 314 g/mol. The third kappa shape index (κ3) is 2.73. The number of rotatable bonds is 5. The highest BCUT2D eigenvalue weighted by molar-refractivity contribution is 7.89. The Bertz CT molecular complexity index is 720. The van der Waals surface area contributed by atoms with E-state index in [9.17, 15) is 23.3 Å². The predicted octanol–water partition coefficient (Wildman–Crippen LogP) is -0.481. The predicted molar refractivity (Wildman–Crippen MR) is 77.0 cm³/mol. The van der Waals surface area contributed by atoms with Gasteiger partial charge in [0.1, 0.15) is 11.7 Å². The van der Waals surface area contributed by atoms with Crippen molar-refractivity contribution in [3.63, 3.8) is 0 Å². The first-order valence-corrected chi connectivity index (χ1v) is 7.79. The Balaban J connectivity index is 2.48. The van der Waals surface area contributed by atoms with E-state index in [0.717, 1.165) is 10.4 Å². The first kappa shape index (κ1) is 16.1. The molecule has 1 atom stereocenters. The molecule has 0 saturated carbocycles. The van der Waals surface area contributed by atoms with E-state index in [1.54, 1.807) is 0 Å². The lowest BCUT2D eigenvalue weighted by atomic mass is 10.2. The van der Waals surface area contributed by atoms with Crippen LogP contribution < -0.4 is 17.0 Å². The summed E-state index contributed by atoms with van der Waals surface area (Å²) in [6, 6.07) is 2.35. The molecule has 0 unspecified atom stereocenters. The second-order valence-corrected chi connectivity index (χ2v) is 6.65. The molecule has 10 nitrogen and oxygen atoms in total. The van der Waals surface area contributed by atoms with E-state index in [4.69, 9.17) is 11.6 Å². The number of primary amides is 1. The van der Waals surface area contributed by atoms with Crippen molar-refractivity contribution in [1.29, 1.82) is 0 Å². The van der Waals surface area contributed by atoms with Gasteiger partial charge in [-0.15, -0.1) is 0 Å². The summed E-state index contributed by atoms with van der Waals surface area (Å²) in [5.74, 6) is 4.42. The molecule has 0 radical (unpaired) electrons. The zero-order valence-corrected chi connectivity index (χ0v) is 12.2. The van der Waals surface area contributed by atoms with Gasteiger partial charge in [0.05, 0.1) is 9.82 Å². The van der Waals surface area contributed by atoms with E-state index >= 15 is 0 Å². The molecule has 120 valence electrons. The van der Waals surface area contributed by atoms with Gasteiger partial charge in [0, 0.05) is 12.6 Å². The third-order valence-electron chi connectivity index (χ3n) is 3.46. The second kappa shape index (κ2) is 5.87. The zero-order chi connectivity index (χ0) is 16.5. The first-order chi connectivity index (χ1) is 10.3. The lowest BCUT2D eigenvalue weighted by Crippen LogP contribution is -2.43. The molecule has 0 aromatic heterocycles. The Kier molecular flexibility index (Phi) is 4.30. The fourth-order valence-electron chi connectivity index (χ4n) is 2.39. The van der Waals surface area contributed by atoms with Gasteiger partial charge in [-0.2, -0.15) is 4.31 Å². The lowest BCUT2D eigenvalue weighted by molar-refractivity contribution is -0.384. The van der Waals surface area contributed by atoms with Gasteiger partial charge < -0.3 is 11.2 Å². The smallest absolute Gasteiger partial charge is 0.294 e. The highest BCUT2D eigenvalue weighted by Crippen LogP contribution is 2.31. The summed E-state index contributed by atoms with van der Waals surface area (Å²) in [6.45, 7) is 0.140. The molecule has 1 heterocycles. The number of nitrogen functional groups attached to an aromatic ring is 1. The number of nitrogens with zero attached hydrogens (tertiary/aromatic N) is 2. The number of nitro benzene ring substituents is 1. The molecule has 1 saturated heterocycles. The Morgan fingerprint density at radius 2 is 2.14 bits per heavy atom. The molecule has 1 aromatic rings. The summed E-state index contributed by atoms with van der Waals surface area (Å²) >= 11 is 0. The quantitative estimate of drug-likeness (QED) is 0.373. The van der Waals surface area contributed by atoms with Gasteiger partial charge in [-0.3, -0.25) is 20.8 Å². The number of benzene rings is 1. The zero-order valence-electron chi connectivity index (χ0n) is 11.4. The van der Waals surface area contributed by atoms with Crippen molar-refractivity contribution >= 4 is 27.3 Å². The van der Waals surface area contributed by atoms with E-state index in [-0.39, 0.29) is 17.1 Å². The average Bonchev–Trinajstić information content (AvgIpc) is 2.96. The van der Waals surface area contributed by atoms with Crippen LogP contribution in [0.25, 0.3) is 0 Å². The van der Waals surface area contributed by atoms with E-state index in [1.807, 2.05) is 0 Å². The minimum absolute atomic E-state index is 0.0168. The molecule has 5 N–H and O–H groups in total. The maximum Gasteiger partial charge on any atom is 0.294 e. The van der Waals surface area contributed by atoms with Crippen LogP contribution in [0.15, 0.2) is 23.1 Å². The first-order valence-electron chi connectivity index (χ1n) is 6.35. The topological polar surface area (TPSA) is 162 Å². The fourth-order valence-corrected chi connectivity index (χ4v) is 4.08. The van der Waals surface area contributed by atoms with E-state index in [1.165, 1.54) is 12.1 Å². The van der Waals surface area contributed by atoms with Crippen LogP contribution in [0.4, 0.5) is 11.4 Å². The SMILES string of the molecule is NNc1ccc(S(=O)(=O)N2CCC[C@H]2C(N)=O)cc1[N+](=O)[O-]. The summed E-state index contributed by atoms with van der Waals surface area (Å²) in [7, 11) is -4.05. The Morgan fingerprint density at radius 1 is 1.45 bits per heavy atom. The van der Waals surface area contributed by atoms with Crippen molar-refractivity contribution in [3.8, 4) is 0 Å². The number of nitrogens with one attached hydrogen (secondary N) is 1. The highest BCUT2D eigenvalue weighted by Gasteiger charge is 2.39. The van der Waals surface area contributed by atoms with Gasteiger partial charge in [0.25, 0.3) is 5.69 Å². The van der Waals surface area contributed by atoms with E-state index in [2.05, 4.69) is 5.43 Å². The number of hydrogen-bond acceptors (Lipinski definition) is 7. The van der Waals surface area contributed by atoms with Gasteiger partial charge in [0.15, 0.2) is 0 Å². The number of hydrazine groups is 1. The van der Waals surface area contributed by atoms with Crippen molar-refractivity contribution in [2.45, 2.75) is 23.8 Å². The number of anilines is 1. The molecule has 1 aliphatic heterocycles. The van der Waals surface area contributed by atoms with Crippen molar-refractivity contribution in [2.75, 3.05) is 12.0 Å². The standard InChI is InChI=1S/C11H15N5O5S/c12-11(17)9-2-1-5-15(9)22(20,21)7-3-4-8(14-13)10(6-7)16(18)19/h3-4,6,9,14H,1-2,5,13H2,(H2,12,17)/t9-/m0/s1. The van der Waals surface area contributed by atoms with Gasteiger partial charge in [-0.1, -0.05) is 0 Å². The van der Waals surface area contributed by atoms with Gasteiger partial charge >= 0.3 is 0 Å². The number of amides is 1. The number of nitrogens with two attached hydrogens (primary N) is 2. The van der Waals surface area contributed by atoms with Crippen molar-refractivity contribution in [3.05, 3.63) is 28.3 Å². The summed E-state index contributed by atoms with van der Waals surface area (Å²) in [6.07, 6.45) is 0.830. The van der Waals surface area contributed by atoms with Gasteiger partial charge in [-0.25, -0.2) is 8.42 Å². The minimum atomic E-state index is -4.05. The number of carbonyl (C=O) groups is 1. The molecule has 0 aliphatic carbocycles. The van der Waals surface area contributed by atoms with Crippen LogP contribution in [0.2, 0.25) is 0 Å². The Morgan fingerprint density at radius 3 is 2.68 bits per heavy atom. The number of nitro groups is 1. The summed E-state index contributed by atoms with van der Waals surface area (Å²) in [4.78, 5) is 21.3. The van der Waals surface area contributed by atoms with E-state index in [0.29, 0.717) is 12.8 Å². The lowest BCUT2D eigenvalue weighted by Gasteiger charge is -2.21. The molecule has 0 bridgehead atoms. The van der Waals surface area contributed by atoms with Crippen molar-refractivity contribution in [2.24, 2.45) is 11.6 Å². The largest absolute Gasteiger partial charge is 0.368 e. The highest BCUT2D eigenvalue weighted by atomic mass is 32.2. The van der Waals surface area contributed by atoms with Crippen LogP contribution in [-0.2, 0) is 14.8 Å². The van der Waals surface area contributed by atoms with Crippen LogP contribution in [-0.4, -0.2) is 36.1 Å². The number of hydrogen-bond donors (Lipinski definition) is 3. The van der Waals surface area contributed by atoms with Crippen molar-refractivity contribution < 1.29 is 18.1 Å². The molecule has 11 heteroatoms. The average molecular weight is 329 g/mol. The van der Waals surface area contributed by atoms with E-state index < -0.39 is 32.6 Å². The Hall–Kier alpha value is -2.24. The second-order valence-electron chi connectivity index (χ2n) is 4.76.